The van der Waals surface area contributed by atoms with Gasteiger partial charge in [0.05, 0.1) is 6.54 Å². The van der Waals surface area contributed by atoms with Gasteiger partial charge in [-0.1, -0.05) is 6.07 Å². The normalized spacial score (nSPS) is 11.5. The van der Waals surface area contributed by atoms with Gasteiger partial charge in [-0.2, -0.15) is 0 Å². The summed E-state index contributed by atoms with van der Waals surface area (Å²) in [5.41, 5.74) is 1.76. The zero-order chi connectivity index (χ0) is 17.5. The Hall–Kier alpha value is -1.38. The standard InChI is InChI=1S/C17H27FN4O.HI/c1-12-10-14(18)7-6-13(12)8-9-20-16(19-5)21-11-15(23)22-17(2,3)4;/h6-7,10H,8-9,11H2,1-5H3,(H,22,23)(H2,19,20,21);1H. The Balaban J connectivity index is 0.00000529. The van der Waals surface area contributed by atoms with Gasteiger partial charge >= 0.3 is 0 Å². The average molecular weight is 450 g/mol. The van der Waals surface area contributed by atoms with E-state index in [0.29, 0.717) is 12.5 Å². The third kappa shape index (κ3) is 9.05. The van der Waals surface area contributed by atoms with Gasteiger partial charge in [0.2, 0.25) is 5.91 Å². The molecule has 0 spiro atoms. The molecular weight excluding hydrogens is 422 g/mol. The molecule has 5 nitrogen and oxygen atoms in total. The van der Waals surface area contributed by atoms with E-state index < -0.39 is 0 Å². The molecule has 1 aromatic carbocycles. The van der Waals surface area contributed by atoms with E-state index in [1.807, 2.05) is 27.7 Å². The second-order valence-corrected chi connectivity index (χ2v) is 6.47. The van der Waals surface area contributed by atoms with Gasteiger partial charge in [-0.05, 0) is 57.4 Å². The number of nitrogens with zero attached hydrogens (tertiary/aromatic N) is 1. The Bertz CT molecular complexity index is 570. The zero-order valence-corrected chi connectivity index (χ0v) is 17.3. The van der Waals surface area contributed by atoms with Crippen molar-refractivity contribution in [1.29, 1.82) is 0 Å². The molecule has 0 aliphatic rings. The van der Waals surface area contributed by atoms with Crippen LogP contribution < -0.4 is 16.0 Å². The summed E-state index contributed by atoms with van der Waals surface area (Å²) in [5.74, 6) is 0.255. The molecule has 7 heteroatoms. The number of guanidine groups is 1. The van der Waals surface area contributed by atoms with Crippen molar-refractivity contribution < 1.29 is 9.18 Å². The molecule has 0 saturated carbocycles. The number of aliphatic imine (C=N–C) groups is 1. The van der Waals surface area contributed by atoms with Crippen LogP contribution in [-0.4, -0.2) is 37.5 Å². The first kappa shape index (κ1) is 22.6. The van der Waals surface area contributed by atoms with E-state index in [0.717, 1.165) is 17.5 Å². The van der Waals surface area contributed by atoms with Crippen LogP contribution in [0.15, 0.2) is 23.2 Å². The molecule has 0 aromatic heterocycles. The Morgan fingerprint density at radius 1 is 1.25 bits per heavy atom. The largest absolute Gasteiger partial charge is 0.356 e. The molecule has 0 fully saturated rings. The number of nitrogens with one attached hydrogen (secondary N) is 3. The number of benzene rings is 1. The summed E-state index contributed by atoms with van der Waals surface area (Å²) < 4.78 is 13.1. The van der Waals surface area contributed by atoms with Crippen LogP contribution in [0.25, 0.3) is 0 Å². The number of hydrogen-bond donors (Lipinski definition) is 3. The molecule has 0 radical (unpaired) electrons. The Morgan fingerprint density at radius 3 is 2.46 bits per heavy atom. The van der Waals surface area contributed by atoms with E-state index in [1.165, 1.54) is 12.1 Å². The molecule has 1 aromatic rings. The predicted octanol–water partition coefficient (Wildman–Crippen LogP) is 2.37. The molecule has 0 atom stereocenters. The number of aryl methyl sites for hydroxylation is 1. The summed E-state index contributed by atoms with van der Waals surface area (Å²) in [6.07, 6.45) is 0.751. The van der Waals surface area contributed by atoms with Crippen molar-refractivity contribution in [3.05, 3.63) is 35.1 Å². The van der Waals surface area contributed by atoms with Crippen molar-refractivity contribution in [1.82, 2.24) is 16.0 Å². The molecular formula is C17H28FIN4O. The Labute approximate surface area is 160 Å². The fraction of sp³-hybridized carbons (Fsp3) is 0.529. The highest BCUT2D eigenvalue weighted by Crippen LogP contribution is 2.10. The van der Waals surface area contributed by atoms with Crippen LogP contribution in [0.1, 0.15) is 31.9 Å². The Morgan fingerprint density at radius 2 is 1.92 bits per heavy atom. The summed E-state index contributed by atoms with van der Waals surface area (Å²) in [4.78, 5) is 15.8. The lowest BCUT2D eigenvalue weighted by Gasteiger charge is -2.21. The zero-order valence-electron chi connectivity index (χ0n) is 15.0. The van der Waals surface area contributed by atoms with Crippen LogP contribution in [-0.2, 0) is 11.2 Å². The van der Waals surface area contributed by atoms with E-state index in [4.69, 9.17) is 0 Å². The maximum Gasteiger partial charge on any atom is 0.239 e. The van der Waals surface area contributed by atoms with Gasteiger partial charge < -0.3 is 16.0 Å². The van der Waals surface area contributed by atoms with E-state index in [2.05, 4.69) is 20.9 Å². The fourth-order valence-corrected chi connectivity index (χ4v) is 2.10. The summed E-state index contributed by atoms with van der Waals surface area (Å²) in [5, 5.41) is 8.99. The second kappa shape index (κ2) is 10.5. The molecule has 1 rings (SSSR count). The third-order valence-electron chi connectivity index (χ3n) is 3.15. The number of carbonyl (C=O) groups excluding carboxylic acids is 1. The fourth-order valence-electron chi connectivity index (χ4n) is 2.10. The highest BCUT2D eigenvalue weighted by atomic mass is 127. The highest BCUT2D eigenvalue weighted by molar-refractivity contribution is 14.0. The number of halogens is 2. The minimum Gasteiger partial charge on any atom is -0.356 e. The monoisotopic (exact) mass is 450 g/mol. The minimum atomic E-state index is -0.254. The quantitative estimate of drug-likeness (QED) is 0.367. The van der Waals surface area contributed by atoms with E-state index in [1.54, 1.807) is 13.1 Å². The van der Waals surface area contributed by atoms with Crippen LogP contribution >= 0.6 is 24.0 Å². The van der Waals surface area contributed by atoms with Gasteiger partial charge in [0.15, 0.2) is 5.96 Å². The van der Waals surface area contributed by atoms with Crippen LogP contribution in [0.3, 0.4) is 0 Å². The van der Waals surface area contributed by atoms with Gasteiger partial charge in [0.25, 0.3) is 0 Å². The minimum absolute atomic E-state index is 0. The molecule has 0 aliphatic heterocycles. The lowest BCUT2D eigenvalue weighted by atomic mass is 10.1. The number of amides is 1. The van der Waals surface area contributed by atoms with E-state index in [-0.39, 0.29) is 47.8 Å². The van der Waals surface area contributed by atoms with Crippen molar-refractivity contribution in [2.75, 3.05) is 20.1 Å². The van der Waals surface area contributed by atoms with E-state index >= 15 is 0 Å². The lowest BCUT2D eigenvalue weighted by Crippen LogP contribution is -2.48. The number of rotatable bonds is 5. The first-order chi connectivity index (χ1) is 10.7. The summed E-state index contributed by atoms with van der Waals surface area (Å²) in [6, 6.07) is 4.78. The lowest BCUT2D eigenvalue weighted by molar-refractivity contribution is -0.121. The number of carbonyl (C=O) groups is 1. The molecule has 24 heavy (non-hydrogen) atoms. The number of hydrogen-bond acceptors (Lipinski definition) is 2. The van der Waals surface area contributed by atoms with Gasteiger partial charge in [0.1, 0.15) is 5.82 Å². The topological polar surface area (TPSA) is 65.5 Å². The van der Waals surface area contributed by atoms with Crippen molar-refractivity contribution in [3.63, 3.8) is 0 Å². The van der Waals surface area contributed by atoms with E-state index in [9.17, 15) is 9.18 Å². The summed E-state index contributed by atoms with van der Waals surface area (Å²) >= 11 is 0. The van der Waals surface area contributed by atoms with Crippen LogP contribution in [0.5, 0.6) is 0 Å². The maximum absolute atomic E-state index is 13.1. The molecule has 136 valence electrons. The van der Waals surface area contributed by atoms with Gasteiger partial charge in [0, 0.05) is 19.1 Å². The van der Waals surface area contributed by atoms with Crippen LogP contribution in [0.2, 0.25) is 0 Å². The molecule has 0 heterocycles. The summed E-state index contributed by atoms with van der Waals surface area (Å²) in [7, 11) is 1.65. The Kier molecular flexibility index (Phi) is 9.88. The smallest absolute Gasteiger partial charge is 0.239 e. The van der Waals surface area contributed by atoms with Crippen LogP contribution in [0, 0.1) is 12.7 Å². The molecule has 0 aliphatic carbocycles. The van der Waals surface area contributed by atoms with Crippen molar-refractivity contribution in [3.8, 4) is 0 Å². The second-order valence-electron chi connectivity index (χ2n) is 6.47. The summed E-state index contributed by atoms with van der Waals surface area (Å²) in [6.45, 7) is 8.50. The SMILES string of the molecule is CN=C(NCCc1ccc(F)cc1C)NCC(=O)NC(C)(C)C.I. The molecule has 3 N–H and O–H groups in total. The first-order valence-electron chi connectivity index (χ1n) is 7.72. The molecule has 0 bridgehead atoms. The highest BCUT2D eigenvalue weighted by Gasteiger charge is 2.13. The van der Waals surface area contributed by atoms with Gasteiger partial charge in [-0.25, -0.2) is 4.39 Å². The van der Waals surface area contributed by atoms with Crippen molar-refractivity contribution in [2.45, 2.75) is 39.7 Å². The van der Waals surface area contributed by atoms with Gasteiger partial charge in [-0.3, -0.25) is 9.79 Å². The maximum atomic E-state index is 13.1. The van der Waals surface area contributed by atoms with Crippen LogP contribution in [0.4, 0.5) is 4.39 Å². The molecule has 1 amide bonds. The molecule has 0 saturated heterocycles. The van der Waals surface area contributed by atoms with Crippen molar-refractivity contribution in [2.24, 2.45) is 4.99 Å². The van der Waals surface area contributed by atoms with Gasteiger partial charge in [-0.15, -0.1) is 24.0 Å². The predicted molar refractivity (Wildman–Crippen MR) is 108 cm³/mol. The first-order valence-corrected chi connectivity index (χ1v) is 7.72. The average Bonchev–Trinajstić information content (AvgIpc) is 2.42. The van der Waals surface area contributed by atoms with Crippen molar-refractivity contribution >= 4 is 35.8 Å². The molecule has 0 unspecified atom stereocenters. The third-order valence-corrected chi connectivity index (χ3v) is 3.15.